The van der Waals surface area contributed by atoms with Crippen LogP contribution in [0.4, 0.5) is 0 Å². The summed E-state index contributed by atoms with van der Waals surface area (Å²) >= 11 is 0. The molecule has 0 spiro atoms. The molecular weight excluding hydrogens is 292 g/mol. The fourth-order valence-electron chi connectivity index (χ4n) is 3.12. The highest BCUT2D eigenvalue weighted by molar-refractivity contribution is 5.91. The monoisotopic (exact) mass is 308 g/mol. The summed E-state index contributed by atoms with van der Waals surface area (Å²) in [5.41, 5.74) is 1.84. The van der Waals surface area contributed by atoms with Crippen LogP contribution < -0.4 is 15.4 Å². The number of fused-ring (bicyclic) bond motifs is 2. The number of benzene rings is 2. The van der Waals surface area contributed by atoms with Crippen molar-refractivity contribution >= 4 is 11.8 Å². The third-order valence-electron chi connectivity index (χ3n) is 4.28. The van der Waals surface area contributed by atoms with E-state index in [1.54, 1.807) is 0 Å². The van der Waals surface area contributed by atoms with Gasteiger partial charge in [0.2, 0.25) is 11.8 Å². The van der Waals surface area contributed by atoms with Gasteiger partial charge >= 0.3 is 0 Å². The van der Waals surface area contributed by atoms with E-state index in [-0.39, 0.29) is 17.9 Å². The van der Waals surface area contributed by atoms with Crippen molar-refractivity contribution in [3.63, 3.8) is 0 Å². The molecule has 4 rings (SSSR count). The molecule has 2 N–H and O–H groups in total. The van der Waals surface area contributed by atoms with Crippen LogP contribution in [-0.4, -0.2) is 17.9 Å². The Bertz CT molecular complexity index is 742. The van der Waals surface area contributed by atoms with Gasteiger partial charge in [-0.15, -0.1) is 0 Å². The summed E-state index contributed by atoms with van der Waals surface area (Å²) in [6, 6.07) is 14.6. The van der Waals surface area contributed by atoms with Gasteiger partial charge in [0.1, 0.15) is 17.5 Å². The lowest BCUT2D eigenvalue weighted by molar-refractivity contribution is -0.126. The quantitative estimate of drug-likeness (QED) is 0.894. The number of amides is 2. The highest BCUT2D eigenvalue weighted by Gasteiger charge is 2.32. The van der Waals surface area contributed by atoms with Crippen LogP contribution in [0.3, 0.4) is 0 Å². The molecule has 2 amide bonds. The molecule has 0 unspecified atom stereocenters. The predicted molar refractivity (Wildman–Crippen MR) is 84.1 cm³/mol. The van der Waals surface area contributed by atoms with E-state index in [0.29, 0.717) is 12.8 Å². The van der Waals surface area contributed by atoms with Gasteiger partial charge < -0.3 is 15.4 Å². The Balaban J connectivity index is 1.67. The SMILES string of the molecule is O=C1CC[C@@H](C(=O)NC2c3ccccc3Oc3ccccc32)N1. The average Bonchev–Trinajstić information content (AvgIpc) is 3.01. The first-order chi connectivity index (χ1) is 11.2. The van der Waals surface area contributed by atoms with Crippen molar-refractivity contribution in [2.24, 2.45) is 0 Å². The average molecular weight is 308 g/mol. The summed E-state index contributed by atoms with van der Waals surface area (Å²) in [4.78, 5) is 23.8. The zero-order chi connectivity index (χ0) is 15.8. The van der Waals surface area contributed by atoms with E-state index < -0.39 is 6.04 Å². The molecule has 0 aliphatic carbocycles. The van der Waals surface area contributed by atoms with Crippen LogP contribution in [0, 0.1) is 0 Å². The number of carbonyl (C=O) groups is 2. The summed E-state index contributed by atoms with van der Waals surface area (Å²) in [6.07, 6.45) is 0.941. The second-order valence-electron chi connectivity index (χ2n) is 5.78. The van der Waals surface area contributed by atoms with Crippen molar-refractivity contribution in [3.8, 4) is 11.5 Å². The van der Waals surface area contributed by atoms with Crippen molar-refractivity contribution in [1.29, 1.82) is 0 Å². The number of para-hydroxylation sites is 2. The normalized spacial score (nSPS) is 19.3. The Morgan fingerprint density at radius 1 is 1.04 bits per heavy atom. The third-order valence-corrected chi connectivity index (χ3v) is 4.28. The molecule has 0 radical (unpaired) electrons. The maximum absolute atomic E-state index is 12.5. The van der Waals surface area contributed by atoms with E-state index in [2.05, 4.69) is 10.6 Å². The van der Waals surface area contributed by atoms with Crippen LogP contribution >= 0.6 is 0 Å². The Morgan fingerprint density at radius 2 is 1.65 bits per heavy atom. The summed E-state index contributed by atoms with van der Waals surface area (Å²) in [7, 11) is 0. The van der Waals surface area contributed by atoms with Gasteiger partial charge in [0.05, 0.1) is 6.04 Å². The molecule has 116 valence electrons. The fraction of sp³-hybridized carbons (Fsp3) is 0.222. The maximum atomic E-state index is 12.5. The van der Waals surface area contributed by atoms with Crippen LogP contribution in [0.1, 0.15) is 30.0 Å². The van der Waals surface area contributed by atoms with E-state index in [1.807, 2.05) is 48.5 Å². The molecule has 2 heterocycles. The van der Waals surface area contributed by atoms with E-state index in [1.165, 1.54) is 0 Å². The fourth-order valence-corrected chi connectivity index (χ4v) is 3.12. The first-order valence-electron chi connectivity index (χ1n) is 7.68. The van der Waals surface area contributed by atoms with Gasteiger partial charge in [-0.1, -0.05) is 36.4 Å². The lowest BCUT2D eigenvalue weighted by atomic mass is 9.94. The van der Waals surface area contributed by atoms with Gasteiger partial charge in [0.25, 0.3) is 0 Å². The van der Waals surface area contributed by atoms with Gasteiger partial charge in [-0.25, -0.2) is 0 Å². The number of hydrogen-bond donors (Lipinski definition) is 2. The first kappa shape index (κ1) is 13.8. The van der Waals surface area contributed by atoms with E-state index in [9.17, 15) is 9.59 Å². The topological polar surface area (TPSA) is 67.4 Å². The number of ether oxygens (including phenoxy) is 1. The van der Waals surface area contributed by atoms with Crippen LogP contribution in [0.15, 0.2) is 48.5 Å². The molecular formula is C18H16N2O3. The molecule has 1 fully saturated rings. The highest BCUT2D eigenvalue weighted by atomic mass is 16.5. The molecule has 2 aromatic carbocycles. The Hall–Kier alpha value is -2.82. The number of carbonyl (C=O) groups excluding carboxylic acids is 2. The smallest absolute Gasteiger partial charge is 0.243 e. The molecule has 0 saturated carbocycles. The zero-order valence-corrected chi connectivity index (χ0v) is 12.4. The Morgan fingerprint density at radius 3 is 2.22 bits per heavy atom. The summed E-state index contributed by atoms with van der Waals surface area (Å²) < 4.78 is 5.91. The molecule has 23 heavy (non-hydrogen) atoms. The van der Waals surface area contributed by atoms with E-state index >= 15 is 0 Å². The van der Waals surface area contributed by atoms with Crippen molar-refractivity contribution in [1.82, 2.24) is 10.6 Å². The van der Waals surface area contributed by atoms with Gasteiger partial charge in [-0.2, -0.15) is 0 Å². The van der Waals surface area contributed by atoms with Gasteiger partial charge in [-0.05, 0) is 18.6 Å². The molecule has 2 aliphatic rings. The van der Waals surface area contributed by atoms with Crippen LogP contribution in [0.2, 0.25) is 0 Å². The largest absolute Gasteiger partial charge is 0.457 e. The molecule has 1 saturated heterocycles. The van der Waals surface area contributed by atoms with Crippen LogP contribution in [0.5, 0.6) is 11.5 Å². The molecule has 5 nitrogen and oxygen atoms in total. The summed E-state index contributed by atoms with van der Waals surface area (Å²) in [6.45, 7) is 0. The molecule has 5 heteroatoms. The van der Waals surface area contributed by atoms with Crippen molar-refractivity contribution < 1.29 is 14.3 Å². The van der Waals surface area contributed by atoms with Gasteiger partial charge in [-0.3, -0.25) is 9.59 Å². The second kappa shape index (κ2) is 5.43. The number of hydrogen-bond acceptors (Lipinski definition) is 3. The highest BCUT2D eigenvalue weighted by Crippen LogP contribution is 2.42. The lowest BCUT2D eigenvalue weighted by Gasteiger charge is -2.29. The summed E-state index contributed by atoms with van der Waals surface area (Å²) in [5, 5.41) is 5.77. The molecule has 2 aliphatic heterocycles. The zero-order valence-electron chi connectivity index (χ0n) is 12.4. The van der Waals surface area contributed by atoms with Crippen molar-refractivity contribution in [3.05, 3.63) is 59.7 Å². The van der Waals surface area contributed by atoms with Crippen LogP contribution in [-0.2, 0) is 9.59 Å². The van der Waals surface area contributed by atoms with E-state index in [0.717, 1.165) is 22.6 Å². The third kappa shape index (κ3) is 2.44. The standard InChI is InChI=1S/C18H16N2O3/c21-16-10-9-13(19-16)18(22)20-17-11-5-1-3-7-14(11)23-15-8-4-2-6-12(15)17/h1-8,13,17H,9-10H2,(H,19,21)(H,20,22)/t13-/m0/s1. The Labute approximate surface area is 133 Å². The van der Waals surface area contributed by atoms with Crippen LogP contribution in [0.25, 0.3) is 0 Å². The second-order valence-corrected chi connectivity index (χ2v) is 5.78. The molecule has 2 aromatic rings. The van der Waals surface area contributed by atoms with Crippen molar-refractivity contribution in [2.45, 2.75) is 24.9 Å². The number of rotatable bonds is 2. The predicted octanol–water partition coefficient (Wildman–Crippen LogP) is 2.28. The lowest BCUT2D eigenvalue weighted by Crippen LogP contribution is -2.43. The van der Waals surface area contributed by atoms with Gasteiger partial charge in [0.15, 0.2) is 0 Å². The minimum atomic E-state index is -0.454. The minimum Gasteiger partial charge on any atom is -0.457 e. The Kier molecular flexibility index (Phi) is 3.26. The minimum absolute atomic E-state index is 0.0714. The van der Waals surface area contributed by atoms with Gasteiger partial charge in [0, 0.05) is 17.5 Å². The molecule has 0 bridgehead atoms. The summed E-state index contributed by atoms with van der Waals surface area (Å²) in [5.74, 6) is 1.25. The number of nitrogens with one attached hydrogen (secondary N) is 2. The van der Waals surface area contributed by atoms with E-state index in [4.69, 9.17) is 4.74 Å². The maximum Gasteiger partial charge on any atom is 0.243 e. The van der Waals surface area contributed by atoms with Crippen molar-refractivity contribution in [2.75, 3.05) is 0 Å². The first-order valence-corrected chi connectivity index (χ1v) is 7.68. The molecule has 0 aromatic heterocycles. The molecule has 1 atom stereocenters.